The molecule has 0 aromatic heterocycles. The summed E-state index contributed by atoms with van der Waals surface area (Å²) < 4.78 is 6.22. The summed E-state index contributed by atoms with van der Waals surface area (Å²) in [5.41, 5.74) is 1.43. The van der Waals surface area contributed by atoms with Crippen LogP contribution < -0.4 is 4.74 Å². The van der Waals surface area contributed by atoms with Gasteiger partial charge in [0.2, 0.25) is 0 Å². The van der Waals surface area contributed by atoms with E-state index in [0.29, 0.717) is 5.92 Å². The fourth-order valence-electron chi connectivity index (χ4n) is 4.03. The van der Waals surface area contributed by atoms with Gasteiger partial charge in [-0.2, -0.15) is 0 Å². The van der Waals surface area contributed by atoms with Crippen LogP contribution in [0.5, 0.6) is 5.75 Å². The highest BCUT2D eigenvalue weighted by atomic mass is 16.5. The van der Waals surface area contributed by atoms with Crippen LogP contribution in [0.4, 0.5) is 0 Å². The molecule has 2 aliphatic rings. The standard InChI is InChI=1S/C19H28O2/c1-3-14(2)15-7-9-16(10-8-15)21-18-13-17(20)19(18)11-5-4-6-12-19/h7-10,14,17-18,20H,3-6,11-13H2,1-2H3. The van der Waals surface area contributed by atoms with Gasteiger partial charge in [0.15, 0.2) is 0 Å². The van der Waals surface area contributed by atoms with Crippen LogP contribution in [0, 0.1) is 5.41 Å². The molecule has 3 unspecified atom stereocenters. The van der Waals surface area contributed by atoms with Gasteiger partial charge in [-0.15, -0.1) is 0 Å². The molecule has 0 radical (unpaired) electrons. The van der Waals surface area contributed by atoms with Gasteiger partial charge in [-0.25, -0.2) is 0 Å². The highest BCUT2D eigenvalue weighted by molar-refractivity contribution is 5.30. The molecule has 21 heavy (non-hydrogen) atoms. The van der Waals surface area contributed by atoms with Crippen LogP contribution >= 0.6 is 0 Å². The van der Waals surface area contributed by atoms with Crippen LogP contribution in [0.25, 0.3) is 0 Å². The third-order valence-corrected chi connectivity index (χ3v) is 5.87. The SMILES string of the molecule is CCC(C)c1ccc(OC2CC(O)C23CCCCC3)cc1. The molecular weight excluding hydrogens is 260 g/mol. The summed E-state index contributed by atoms with van der Waals surface area (Å²) >= 11 is 0. The van der Waals surface area contributed by atoms with E-state index in [1.807, 2.05) is 0 Å². The van der Waals surface area contributed by atoms with Gasteiger partial charge in [0.1, 0.15) is 11.9 Å². The van der Waals surface area contributed by atoms with Crippen molar-refractivity contribution in [3.8, 4) is 5.75 Å². The molecule has 1 aromatic carbocycles. The lowest BCUT2D eigenvalue weighted by Gasteiger charge is -2.55. The normalized spacial score (nSPS) is 28.9. The highest BCUT2D eigenvalue weighted by Crippen LogP contribution is 2.53. The first-order chi connectivity index (χ1) is 10.2. The number of rotatable bonds is 4. The van der Waals surface area contributed by atoms with Crippen molar-refractivity contribution in [1.82, 2.24) is 0 Å². The van der Waals surface area contributed by atoms with E-state index in [-0.39, 0.29) is 17.6 Å². The molecule has 2 heteroatoms. The molecule has 2 aliphatic carbocycles. The van der Waals surface area contributed by atoms with E-state index in [4.69, 9.17) is 4.74 Å². The Morgan fingerprint density at radius 1 is 1.19 bits per heavy atom. The summed E-state index contributed by atoms with van der Waals surface area (Å²) in [6, 6.07) is 8.57. The smallest absolute Gasteiger partial charge is 0.119 e. The third kappa shape index (κ3) is 2.70. The molecule has 2 saturated carbocycles. The van der Waals surface area contributed by atoms with Crippen molar-refractivity contribution in [2.75, 3.05) is 0 Å². The maximum absolute atomic E-state index is 10.2. The lowest BCUT2D eigenvalue weighted by atomic mass is 9.56. The quantitative estimate of drug-likeness (QED) is 0.873. The average molecular weight is 288 g/mol. The van der Waals surface area contributed by atoms with Crippen molar-refractivity contribution in [3.05, 3.63) is 29.8 Å². The topological polar surface area (TPSA) is 29.5 Å². The second kappa shape index (κ2) is 6.00. The number of hydrogen-bond donors (Lipinski definition) is 1. The van der Waals surface area contributed by atoms with Crippen LogP contribution in [0.2, 0.25) is 0 Å². The van der Waals surface area contributed by atoms with Crippen LogP contribution in [0.3, 0.4) is 0 Å². The first-order valence-corrected chi connectivity index (χ1v) is 8.60. The summed E-state index contributed by atoms with van der Waals surface area (Å²) in [5.74, 6) is 1.57. The van der Waals surface area contributed by atoms with Crippen molar-refractivity contribution in [2.45, 2.75) is 76.9 Å². The van der Waals surface area contributed by atoms with Crippen molar-refractivity contribution in [3.63, 3.8) is 0 Å². The number of aliphatic hydroxyl groups is 1. The summed E-state index contributed by atoms with van der Waals surface area (Å²) in [4.78, 5) is 0. The zero-order valence-electron chi connectivity index (χ0n) is 13.3. The summed E-state index contributed by atoms with van der Waals surface area (Å²) in [7, 11) is 0. The molecule has 0 heterocycles. The monoisotopic (exact) mass is 288 g/mol. The van der Waals surface area contributed by atoms with Gasteiger partial charge in [-0.3, -0.25) is 0 Å². The average Bonchev–Trinajstić information content (AvgIpc) is 2.55. The maximum atomic E-state index is 10.2. The second-order valence-electron chi connectivity index (χ2n) is 7.03. The van der Waals surface area contributed by atoms with Crippen LogP contribution in [-0.4, -0.2) is 17.3 Å². The summed E-state index contributed by atoms with van der Waals surface area (Å²) in [6.07, 6.45) is 8.07. The molecule has 1 spiro atoms. The van der Waals surface area contributed by atoms with Gasteiger partial charge in [-0.05, 0) is 42.9 Å². The fraction of sp³-hybridized carbons (Fsp3) is 0.684. The minimum absolute atomic E-state index is 0.0492. The largest absolute Gasteiger partial charge is 0.490 e. The molecule has 1 N–H and O–H groups in total. The van der Waals surface area contributed by atoms with Gasteiger partial charge in [-0.1, -0.05) is 45.2 Å². The molecule has 1 aromatic rings. The van der Waals surface area contributed by atoms with E-state index in [0.717, 1.165) is 31.4 Å². The fourth-order valence-corrected chi connectivity index (χ4v) is 4.03. The van der Waals surface area contributed by atoms with Gasteiger partial charge in [0, 0.05) is 11.8 Å². The van der Waals surface area contributed by atoms with E-state index in [2.05, 4.69) is 38.1 Å². The lowest BCUT2D eigenvalue weighted by molar-refractivity contribution is -0.172. The number of hydrogen-bond acceptors (Lipinski definition) is 2. The Morgan fingerprint density at radius 3 is 2.43 bits per heavy atom. The van der Waals surface area contributed by atoms with Crippen LogP contribution in [0.1, 0.15) is 70.3 Å². The van der Waals surface area contributed by atoms with Gasteiger partial charge >= 0.3 is 0 Å². The molecule has 0 amide bonds. The summed E-state index contributed by atoms with van der Waals surface area (Å²) in [6.45, 7) is 4.48. The van der Waals surface area contributed by atoms with Crippen LogP contribution in [-0.2, 0) is 0 Å². The zero-order valence-corrected chi connectivity index (χ0v) is 13.3. The molecular formula is C19H28O2. The van der Waals surface area contributed by atoms with Crippen LogP contribution in [0.15, 0.2) is 24.3 Å². The van der Waals surface area contributed by atoms with Gasteiger partial charge < -0.3 is 9.84 Å². The molecule has 0 aliphatic heterocycles. The van der Waals surface area contributed by atoms with Crippen molar-refractivity contribution < 1.29 is 9.84 Å². The second-order valence-corrected chi connectivity index (χ2v) is 7.03. The number of ether oxygens (including phenoxy) is 1. The minimum atomic E-state index is -0.151. The predicted molar refractivity (Wildman–Crippen MR) is 85.7 cm³/mol. The maximum Gasteiger partial charge on any atom is 0.119 e. The van der Waals surface area contributed by atoms with E-state index >= 15 is 0 Å². The Morgan fingerprint density at radius 2 is 1.86 bits per heavy atom. The van der Waals surface area contributed by atoms with Crippen molar-refractivity contribution >= 4 is 0 Å². The highest BCUT2D eigenvalue weighted by Gasteiger charge is 2.56. The Kier molecular flexibility index (Phi) is 4.26. The molecule has 0 saturated heterocycles. The minimum Gasteiger partial charge on any atom is -0.490 e. The Bertz CT molecular complexity index is 459. The Hall–Kier alpha value is -1.02. The van der Waals surface area contributed by atoms with Gasteiger partial charge in [0.25, 0.3) is 0 Å². The molecule has 3 atom stereocenters. The molecule has 3 rings (SSSR count). The van der Waals surface area contributed by atoms with E-state index in [1.165, 1.54) is 24.8 Å². The lowest BCUT2D eigenvalue weighted by Crippen LogP contribution is -2.60. The van der Waals surface area contributed by atoms with E-state index in [1.54, 1.807) is 0 Å². The first kappa shape index (κ1) is 14.9. The van der Waals surface area contributed by atoms with E-state index < -0.39 is 0 Å². The number of aliphatic hydroxyl groups excluding tert-OH is 1. The third-order valence-electron chi connectivity index (χ3n) is 5.87. The van der Waals surface area contributed by atoms with Gasteiger partial charge in [0.05, 0.1) is 6.10 Å². The Balaban J connectivity index is 1.66. The molecule has 0 bridgehead atoms. The Labute approximate surface area is 128 Å². The summed E-state index contributed by atoms with van der Waals surface area (Å²) in [5, 5.41) is 10.2. The molecule has 116 valence electrons. The number of benzene rings is 1. The van der Waals surface area contributed by atoms with Crippen molar-refractivity contribution in [2.24, 2.45) is 5.41 Å². The predicted octanol–water partition coefficient (Wildman–Crippen LogP) is 4.66. The first-order valence-electron chi connectivity index (χ1n) is 8.60. The van der Waals surface area contributed by atoms with Crippen molar-refractivity contribution in [1.29, 1.82) is 0 Å². The molecule has 2 nitrogen and oxygen atoms in total. The molecule has 2 fully saturated rings. The zero-order chi connectivity index (χ0) is 14.9. The van der Waals surface area contributed by atoms with E-state index in [9.17, 15) is 5.11 Å².